The van der Waals surface area contributed by atoms with Crippen molar-refractivity contribution in [1.82, 2.24) is 24.6 Å². The van der Waals surface area contributed by atoms with Gasteiger partial charge in [-0.25, -0.2) is 23.5 Å². The average molecular weight is 302 g/mol. The highest BCUT2D eigenvalue weighted by Gasteiger charge is 2.16. The molecule has 0 aliphatic heterocycles. The van der Waals surface area contributed by atoms with E-state index in [4.69, 9.17) is 0 Å². The SMILES string of the molecule is CN(Cc1ncnn1C)C(=O)Nc1nc(C(F)F)cs1. The number of alkyl halides is 2. The third-order valence-electron chi connectivity index (χ3n) is 2.49. The molecule has 20 heavy (non-hydrogen) atoms. The summed E-state index contributed by atoms with van der Waals surface area (Å²) in [5, 5.41) is 7.69. The number of rotatable bonds is 4. The molecule has 7 nitrogen and oxygen atoms in total. The monoisotopic (exact) mass is 302 g/mol. The lowest BCUT2D eigenvalue weighted by Crippen LogP contribution is -2.31. The van der Waals surface area contributed by atoms with Gasteiger partial charge in [0.25, 0.3) is 6.43 Å². The molecule has 0 unspecified atom stereocenters. The van der Waals surface area contributed by atoms with Gasteiger partial charge in [0, 0.05) is 19.5 Å². The van der Waals surface area contributed by atoms with Gasteiger partial charge in [0.1, 0.15) is 17.8 Å². The second-order valence-corrected chi connectivity index (χ2v) is 4.82. The summed E-state index contributed by atoms with van der Waals surface area (Å²) < 4.78 is 26.3. The standard InChI is InChI=1S/C10H12F2N6OS/c1-17(3-7-13-5-14-18(7)2)10(19)16-9-15-6(4-20-9)8(11)12/h4-5,8H,3H2,1-2H3,(H,15,16,19). The first kappa shape index (κ1) is 14.3. The van der Waals surface area contributed by atoms with Crippen molar-refractivity contribution in [3.63, 3.8) is 0 Å². The number of hydrogen-bond donors (Lipinski definition) is 1. The number of nitrogens with one attached hydrogen (secondary N) is 1. The van der Waals surface area contributed by atoms with E-state index in [9.17, 15) is 13.6 Å². The molecule has 0 spiro atoms. The van der Waals surface area contributed by atoms with E-state index >= 15 is 0 Å². The van der Waals surface area contributed by atoms with E-state index in [0.29, 0.717) is 5.82 Å². The Bertz CT molecular complexity index is 598. The molecule has 0 aliphatic rings. The van der Waals surface area contributed by atoms with Crippen LogP contribution in [0.3, 0.4) is 0 Å². The molecule has 0 saturated heterocycles. The third-order valence-corrected chi connectivity index (χ3v) is 3.27. The van der Waals surface area contributed by atoms with Crippen molar-refractivity contribution < 1.29 is 13.6 Å². The predicted octanol–water partition coefficient (Wildman–Crippen LogP) is 1.87. The molecule has 0 aliphatic carbocycles. The lowest BCUT2D eigenvalue weighted by molar-refractivity contribution is 0.147. The highest BCUT2D eigenvalue weighted by atomic mass is 32.1. The van der Waals surface area contributed by atoms with Crippen LogP contribution in [-0.4, -0.2) is 37.7 Å². The molecule has 0 bridgehead atoms. The summed E-state index contributed by atoms with van der Waals surface area (Å²) in [4.78, 5) is 20.8. The molecular formula is C10H12F2N6OS. The normalized spacial score (nSPS) is 10.8. The summed E-state index contributed by atoms with van der Waals surface area (Å²) in [5.74, 6) is 0.607. The molecule has 10 heteroatoms. The van der Waals surface area contributed by atoms with Crippen molar-refractivity contribution in [3.05, 3.63) is 23.2 Å². The minimum atomic E-state index is -2.65. The van der Waals surface area contributed by atoms with Crippen LogP contribution in [0, 0.1) is 0 Å². The molecular weight excluding hydrogens is 290 g/mol. The van der Waals surface area contributed by atoms with Crippen LogP contribution < -0.4 is 5.32 Å². The fraction of sp³-hybridized carbons (Fsp3) is 0.400. The van der Waals surface area contributed by atoms with Crippen molar-refractivity contribution in [3.8, 4) is 0 Å². The third kappa shape index (κ3) is 3.26. The number of nitrogens with zero attached hydrogens (tertiary/aromatic N) is 5. The van der Waals surface area contributed by atoms with E-state index < -0.39 is 12.5 Å². The summed E-state index contributed by atoms with van der Waals surface area (Å²) >= 11 is 0.952. The molecule has 0 fully saturated rings. The average Bonchev–Trinajstić information content (AvgIpc) is 2.99. The smallest absolute Gasteiger partial charge is 0.320 e. The van der Waals surface area contributed by atoms with Gasteiger partial charge >= 0.3 is 6.03 Å². The second-order valence-electron chi connectivity index (χ2n) is 3.96. The van der Waals surface area contributed by atoms with Crippen LogP contribution in [0.4, 0.5) is 18.7 Å². The zero-order chi connectivity index (χ0) is 14.7. The van der Waals surface area contributed by atoms with Crippen molar-refractivity contribution >= 4 is 22.5 Å². The molecule has 0 saturated carbocycles. The van der Waals surface area contributed by atoms with Crippen molar-refractivity contribution in [1.29, 1.82) is 0 Å². The van der Waals surface area contributed by atoms with Gasteiger partial charge in [0.15, 0.2) is 5.13 Å². The maximum atomic E-state index is 12.4. The number of carbonyl (C=O) groups is 1. The first-order valence-corrected chi connectivity index (χ1v) is 6.44. The van der Waals surface area contributed by atoms with Crippen molar-refractivity contribution in [2.75, 3.05) is 12.4 Å². The summed E-state index contributed by atoms with van der Waals surface area (Å²) in [6.07, 6.45) is -1.26. The molecule has 108 valence electrons. The number of urea groups is 1. The Kier molecular flexibility index (Phi) is 4.23. The zero-order valence-corrected chi connectivity index (χ0v) is 11.6. The van der Waals surface area contributed by atoms with Crippen LogP contribution >= 0.6 is 11.3 Å². The number of aryl methyl sites for hydroxylation is 1. The van der Waals surface area contributed by atoms with Crippen LogP contribution in [0.2, 0.25) is 0 Å². The predicted molar refractivity (Wildman–Crippen MR) is 68.6 cm³/mol. The molecule has 2 rings (SSSR count). The van der Waals surface area contributed by atoms with Gasteiger partial charge in [-0.2, -0.15) is 5.10 Å². The van der Waals surface area contributed by atoms with Gasteiger partial charge < -0.3 is 4.90 Å². The Morgan fingerprint density at radius 1 is 1.60 bits per heavy atom. The van der Waals surface area contributed by atoms with E-state index in [1.807, 2.05) is 0 Å². The summed E-state index contributed by atoms with van der Waals surface area (Å²) in [6.45, 7) is 0.245. The second kappa shape index (κ2) is 5.90. The summed E-state index contributed by atoms with van der Waals surface area (Å²) in [5.41, 5.74) is -0.346. The van der Waals surface area contributed by atoms with Gasteiger partial charge in [-0.3, -0.25) is 10.00 Å². The van der Waals surface area contributed by atoms with Crippen LogP contribution in [0.1, 0.15) is 17.9 Å². The lowest BCUT2D eigenvalue weighted by atomic mass is 10.5. The summed E-state index contributed by atoms with van der Waals surface area (Å²) in [7, 11) is 3.27. The molecule has 0 aromatic carbocycles. The number of halogens is 2. The molecule has 0 radical (unpaired) electrons. The van der Waals surface area contributed by atoms with Crippen molar-refractivity contribution in [2.24, 2.45) is 7.05 Å². The van der Waals surface area contributed by atoms with Crippen LogP contribution in [-0.2, 0) is 13.6 Å². The fourth-order valence-corrected chi connectivity index (χ4v) is 2.07. The van der Waals surface area contributed by atoms with E-state index in [-0.39, 0.29) is 17.4 Å². The van der Waals surface area contributed by atoms with E-state index in [1.165, 1.54) is 16.6 Å². The van der Waals surface area contributed by atoms with Gasteiger partial charge in [-0.1, -0.05) is 0 Å². The van der Waals surface area contributed by atoms with Crippen LogP contribution in [0.15, 0.2) is 11.7 Å². The Hall–Kier alpha value is -2.10. The Morgan fingerprint density at radius 3 is 2.90 bits per heavy atom. The molecule has 1 N–H and O–H groups in total. The molecule has 0 atom stereocenters. The number of thiazole rings is 1. The van der Waals surface area contributed by atoms with Gasteiger partial charge in [0.05, 0.1) is 6.54 Å². The van der Waals surface area contributed by atoms with E-state index in [0.717, 1.165) is 11.3 Å². The quantitative estimate of drug-likeness (QED) is 0.935. The molecule has 2 aromatic heterocycles. The zero-order valence-electron chi connectivity index (χ0n) is 10.7. The minimum absolute atomic E-state index is 0.134. The van der Waals surface area contributed by atoms with E-state index in [2.05, 4.69) is 20.4 Å². The van der Waals surface area contributed by atoms with Crippen LogP contribution in [0.5, 0.6) is 0 Å². The number of hydrogen-bond acceptors (Lipinski definition) is 5. The Morgan fingerprint density at radius 2 is 2.35 bits per heavy atom. The van der Waals surface area contributed by atoms with Crippen LogP contribution in [0.25, 0.3) is 0 Å². The molecule has 2 aromatic rings. The first-order valence-electron chi connectivity index (χ1n) is 5.56. The Labute approximate surface area is 117 Å². The highest BCUT2D eigenvalue weighted by Crippen LogP contribution is 2.24. The number of carbonyl (C=O) groups excluding carboxylic acids is 1. The van der Waals surface area contributed by atoms with Crippen molar-refractivity contribution in [2.45, 2.75) is 13.0 Å². The summed E-state index contributed by atoms with van der Waals surface area (Å²) in [6, 6.07) is -0.455. The van der Waals surface area contributed by atoms with Gasteiger partial charge in [0.2, 0.25) is 0 Å². The minimum Gasteiger partial charge on any atom is -0.320 e. The van der Waals surface area contributed by atoms with Gasteiger partial charge in [-0.05, 0) is 0 Å². The number of amides is 2. The fourth-order valence-electron chi connectivity index (χ4n) is 1.38. The largest absolute Gasteiger partial charge is 0.323 e. The Balaban J connectivity index is 1.95. The number of aromatic nitrogens is 4. The lowest BCUT2D eigenvalue weighted by Gasteiger charge is -2.16. The topological polar surface area (TPSA) is 75.9 Å². The van der Waals surface area contributed by atoms with E-state index in [1.54, 1.807) is 18.8 Å². The highest BCUT2D eigenvalue weighted by molar-refractivity contribution is 7.13. The molecule has 2 amide bonds. The maximum absolute atomic E-state index is 12.4. The number of anilines is 1. The first-order chi connectivity index (χ1) is 9.47. The molecule has 2 heterocycles. The van der Waals surface area contributed by atoms with Gasteiger partial charge in [-0.15, -0.1) is 11.3 Å². The maximum Gasteiger partial charge on any atom is 0.323 e.